The highest BCUT2D eigenvalue weighted by atomic mass is 28.4. The molecule has 1 fully saturated rings. The first kappa shape index (κ1) is 40.1. The van der Waals surface area contributed by atoms with E-state index in [0.29, 0.717) is 66.3 Å². The second kappa shape index (κ2) is 15.1. The molecule has 6 rings (SSSR count). The highest BCUT2D eigenvalue weighted by molar-refractivity contribution is 6.74. The standard InChI is InChI=1S/C42H56FN7O4Si/c1-26(2)30-18-12-15-28(17-14-22-53-55(10,11)42(7,8)9)36(30)50-38-32(23-33(43)35(45-38)31-19-13-16-29-24-44-47-34(29)31)37(46-39(50)51)49-21-20-48(25-27(49)3)40(52)54-41(4,5)6/h12-13,15-16,18-19,23-24,26-27H,14,17,20-22,25H2,1-11H3,(H,44,47)/t27-/m0/s1. The van der Waals surface area contributed by atoms with Gasteiger partial charge < -0.3 is 19.0 Å². The van der Waals surface area contributed by atoms with Crippen LogP contribution in [0.15, 0.2) is 53.5 Å². The second-order valence-electron chi connectivity index (χ2n) is 17.6. The molecule has 0 bridgehead atoms. The van der Waals surface area contributed by atoms with Crippen molar-refractivity contribution < 1.29 is 18.3 Å². The summed E-state index contributed by atoms with van der Waals surface area (Å²) < 4.78 is 30.4. The molecule has 5 aromatic rings. The molecule has 2 aromatic carbocycles. The van der Waals surface area contributed by atoms with Crippen molar-refractivity contribution in [2.75, 3.05) is 31.1 Å². The maximum atomic E-state index is 16.6. The van der Waals surface area contributed by atoms with Crippen LogP contribution in [0.5, 0.6) is 0 Å². The molecule has 1 aliphatic heterocycles. The molecule has 1 saturated heterocycles. The van der Waals surface area contributed by atoms with Crippen LogP contribution in [-0.2, 0) is 15.6 Å². The number of amides is 1. The maximum absolute atomic E-state index is 16.6. The SMILES string of the molecule is CC(C)c1cccc(CCCO[Si](C)(C)C(C)(C)C)c1-n1c(=O)nc(N2CCN(C(=O)OC(C)(C)C)C[C@@H]2C)c2cc(F)c(-c3cccc4cn[nH]c34)nc21. The molecule has 0 radical (unpaired) electrons. The largest absolute Gasteiger partial charge is 0.444 e. The number of carbonyl (C=O) groups is 1. The highest BCUT2D eigenvalue weighted by Crippen LogP contribution is 2.38. The fourth-order valence-electron chi connectivity index (χ4n) is 7.00. The molecule has 1 atom stereocenters. The first-order chi connectivity index (χ1) is 25.8. The molecule has 294 valence electrons. The monoisotopic (exact) mass is 769 g/mol. The number of rotatable bonds is 9. The molecule has 0 unspecified atom stereocenters. The topological polar surface area (TPSA) is 118 Å². The molecule has 11 nitrogen and oxygen atoms in total. The van der Waals surface area contributed by atoms with E-state index in [1.165, 1.54) is 6.07 Å². The van der Waals surface area contributed by atoms with Gasteiger partial charge in [-0.15, -0.1) is 0 Å². The third-order valence-corrected chi connectivity index (χ3v) is 15.5. The molecule has 3 aromatic heterocycles. The lowest BCUT2D eigenvalue weighted by atomic mass is 9.95. The molecular weight excluding hydrogens is 714 g/mol. The van der Waals surface area contributed by atoms with Crippen LogP contribution < -0.4 is 10.6 Å². The number of anilines is 1. The third-order valence-electron chi connectivity index (χ3n) is 10.9. The summed E-state index contributed by atoms with van der Waals surface area (Å²) in [6.07, 6.45) is 2.71. The third kappa shape index (κ3) is 8.18. The number of aromatic amines is 1. The van der Waals surface area contributed by atoms with Gasteiger partial charge in [0.2, 0.25) is 0 Å². The highest BCUT2D eigenvalue weighted by Gasteiger charge is 2.37. The number of hydrogen-bond acceptors (Lipinski definition) is 8. The van der Waals surface area contributed by atoms with E-state index < -0.39 is 31.5 Å². The Labute approximate surface area is 324 Å². The Hall–Kier alpha value is -4.62. The summed E-state index contributed by atoms with van der Waals surface area (Å²) in [5, 5.41) is 8.51. The number of aromatic nitrogens is 5. The average Bonchev–Trinajstić information content (AvgIpc) is 3.58. The van der Waals surface area contributed by atoms with Gasteiger partial charge in [0, 0.05) is 43.2 Å². The number of benzene rings is 2. The van der Waals surface area contributed by atoms with Crippen molar-refractivity contribution >= 4 is 42.2 Å². The summed E-state index contributed by atoms with van der Waals surface area (Å²) in [5.74, 6) is -0.167. The van der Waals surface area contributed by atoms with Crippen LogP contribution in [0.4, 0.5) is 15.0 Å². The fourth-order valence-corrected chi connectivity index (χ4v) is 8.09. The normalized spacial score (nSPS) is 15.8. The predicted octanol–water partition coefficient (Wildman–Crippen LogP) is 8.99. The Morgan fingerprint density at radius 1 is 1.05 bits per heavy atom. The van der Waals surface area contributed by atoms with Crippen molar-refractivity contribution in [3.8, 4) is 16.9 Å². The molecule has 0 aliphatic carbocycles. The number of carbonyl (C=O) groups excluding carboxylic acids is 1. The summed E-state index contributed by atoms with van der Waals surface area (Å²) in [4.78, 5) is 41.1. The minimum absolute atomic E-state index is 0.0553. The first-order valence-corrected chi connectivity index (χ1v) is 22.2. The Morgan fingerprint density at radius 2 is 1.78 bits per heavy atom. The number of aryl methyl sites for hydroxylation is 1. The molecule has 13 heteroatoms. The minimum atomic E-state index is -1.95. The van der Waals surface area contributed by atoms with E-state index >= 15 is 4.39 Å². The van der Waals surface area contributed by atoms with Crippen LogP contribution >= 0.6 is 0 Å². The maximum Gasteiger partial charge on any atom is 0.410 e. The lowest BCUT2D eigenvalue weighted by molar-refractivity contribution is 0.0218. The van der Waals surface area contributed by atoms with Crippen molar-refractivity contribution in [1.82, 2.24) is 29.6 Å². The lowest BCUT2D eigenvalue weighted by Gasteiger charge is -2.41. The van der Waals surface area contributed by atoms with E-state index in [0.717, 1.165) is 22.9 Å². The summed E-state index contributed by atoms with van der Waals surface area (Å²) in [6.45, 7) is 24.5. The number of ether oxygens (including phenoxy) is 1. The molecule has 1 amide bonds. The molecule has 0 saturated carbocycles. The minimum Gasteiger partial charge on any atom is -0.444 e. The zero-order valence-electron chi connectivity index (χ0n) is 34.2. The van der Waals surface area contributed by atoms with Gasteiger partial charge in [-0.2, -0.15) is 10.1 Å². The number of pyridine rings is 1. The summed E-state index contributed by atoms with van der Waals surface area (Å²) in [6, 6.07) is 12.8. The number of piperazine rings is 1. The van der Waals surface area contributed by atoms with Crippen molar-refractivity contribution in [2.45, 2.75) is 111 Å². The molecule has 1 aliphatic rings. The second-order valence-corrected chi connectivity index (χ2v) is 22.4. The molecule has 4 heterocycles. The van der Waals surface area contributed by atoms with Gasteiger partial charge in [-0.25, -0.2) is 23.5 Å². The summed E-state index contributed by atoms with van der Waals surface area (Å²) >= 11 is 0. The van der Waals surface area contributed by atoms with E-state index in [9.17, 15) is 9.59 Å². The van der Waals surface area contributed by atoms with Crippen LogP contribution in [-0.4, -0.2) is 81.9 Å². The first-order valence-electron chi connectivity index (χ1n) is 19.3. The molecular formula is C42H56FN7O4Si. The smallest absolute Gasteiger partial charge is 0.410 e. The quantitative estimate of drug-likeness (QED) is 0.117. The van der Waals surface area contributed by atoms with Crippen LogP contribution in [0.2, 0.25) is 18.1 Å². The van der Waals surface area contributed by atoms with Gasteiger partial charge in [-0.05, 0) is 81.8 Å². The number of para-hydroxylation sites is 2. The number of fused-ring (bicyclic) bond motifs is 2. The molecule has 1 N–H and O–H groups in total. The van der Waals surface area contributed by atoms with Gasteiger partial charge in [-0.3, -0.25) is 5.10 Å². The number of halogens is 1. The van der Waals surface area contributed by atoms with Gasteiger partial charge in [0.15, 0.2) is 14.0 Å². The zero-order chi connectivity index (χ0) is 40.0. The zero-order valence-corrected chi connectivity index (χ0v) is 35.2. The van der Waals surface area contributed by atoms with Crippen LogP contribution in [0.1, 0.15) is 85.8 Å². The van der Waals surface area contributed by atoms with Crippen molar-refractivity contribution in [2.24, 2.45) is 0 Å². The van der Waals surface area contributed by atoms with Gasteiger partial charge in [0.25, 0.3) is 0 Å². The Balaban J connectivity index is 1.51. The summed E-state index contributed by atoms with van der Waals surface area (Å²) in [5.41, 5.74) is 3.07. The van der Waals surface area contributed by atoms with E-state index in [-0.39, 0.29) is 22.7 Å². The van der Waals surface area contributed by atoms with Gasteiger partial charge in [0.1, 0.15) is 22.9 Å². The number of nitrogens with one attached hydrogen (secondary N) is 1. The van der Waals surface area contributed by atoms with Crippen LogP contribution in [0, 0.1) is 5.82 Å². The number of hydrogen-bond donors (Lipinski definition) is 1. The van der Waals surface area contributed by atoms with Gasteiger partial charge in [-0.1, -0.05) is 71.0 Å². The van der Waals surface area contributed by atoms with E-state index in [2.05, 4.69) is 57.9 Å². The Bertz CT molecular complexity index is 2270. The van der Waals surface area contributed by atoms with Crippen LogP contribution in [0.3, 0.4) is 0 Å². The fraction of sp³-hybridized carbons (Fsp3) is 0.500. The number of nitrogens with zero attached hydrogens (tertiary/aromatic N) is 6. The van der Waals surface area contributed by atoms with Crippen molar-refractivity contribution in [1.29, 1.82) is 0 Å². The molecule has 0 spiro atoms. The van der Waals surface area contributed by atoms with Gasteiger partial charge >= 0.3 is 11.8 Å². The summed E-state index contributed by atoms with van der Waals surface area (Å²) in [7, 11) is -1.95. The van der Waals surface area contributed by atoms with E-state index in [1.54, 1.807) is 21.7 Å². The Morgan fingerprint density at radius 3 is 2.45 bits per heavy atom. The predicted molar refractivity (Wildman–Crippen MR) is 220 cm³/mol. The van der Waals surface area contributed by atoms with Gasteiger partial charge in [0.05, 0.1) is 22.8 Å². The van der Waals surface area contributed by atoms with Crippen molar-refractivity contribution in [3.63, 3.8) is 0 Å². The molecule has 55 heavy (non-hydrogen) atoms. The lowest BCUT2D eigenvalue weighted by Crippen LogP contribution is -2.55. The Kier molecular flexibility index (Phi) is 11.0. The van der Waals surface area contributed by atoms with E-state index in [4.69, 9.17) is 19.1 Å². The van der Waals surface area contributed by atoms with E-state index in [1.807, 2.05) is 62.9 Å². The average molecular weight is 770 g/mol. The van der Waals surface area contributed by atoms with Crippen LogP contribution in [0.25, 0.3) is 38.9 Å². The van der Waals surface area contributed by atoms with Crippen molar-refractivity contribution in [3.05, 3.63) is 76.1 Å². The number of H-pyrrole nitrogens is 1.